The highest BCUT2D eigenvalue weighted by molar-refractivity contribution is 5.97. The summed E-state index contributed by atoms with van der Waals surface area (Å²) < 4.78 is 5.21. The highest BCUT2D eigenvalue weighted by Gasteiger charge is 2.09. The Bertz CT molecular complexity index is 611. The minimum absolute atomic E-state index is 0.0322. The van der Waals surface area contributed by atoms with Gasteiger partial charge in [-0.3, -0.25) is 4.79 Å². The van der Waals surface area contributed by atoms with E-state index in [9.17, 15) is 4.79 Å². The molecule has 0 amide bonds. The van der Waals surface area contributed by atoms with Crippen molar-refractivity contribution < 1.29 is 9.53 Å². The Morgan fingerprint density at radius 1 is 1.32 bits per heavy atom. The number of hydrogen-bond donors (Lipinski definition) is 1. The number of benzene rings is 1. The van der Waals surface area contributed by atoms with Crippen LogP contribution >= 0.6 is 0 Å². The summed E-state index contributed by atoms with van der Waals surface area (Å²) in [6, 6.07) is 7.09. The van der Waals surface area contributed by atoms with Crippen molar-refractivity contribution in [3.63, 3.8) is 0 Å². The van der Waals surface area contributed by atoms with Crippen LogP contribution in [0.2, 0.25) is 0 Å². The molecule has 0 radical (unpaired) electrons. The number of carbonyl (C=O) groups excluding carboxylic acids is 1. The number of hydrogen-bond acceptors (Lipinski definition) is 5. The van der Waals surface area contributed by atoms with Crippen LogP contribution in [0, 0.1) is 6.92 Å². The lowest BCUT2D eigenvalue weighted by Crippen LogP contribution is -2.01. The fraction of sp³-hybridized carbons (Fsp3) is 0.214. The predicted molar refractivity (Wildman–Crippen MR) is 73.1 cm³/mol. The lowest BCUT2D eigenvalue weighted by Gasteiger charge is -2.09. The molecule has 19 heavy (non-hydrogen) atoms. The lowest BCUT2D eigenvalue weighted by molar-refractivity contribution is 0.101. The Labute approximate surface area is 111 Å². The summed E-state index contributed by atoms with van der Waals surface area (Å²) in [5, 5.41) is 3.07. The summed E-state index contributed by atoms with van der Waals surface area (Å²) in [6.07, 6.45) is 1.69. The number of rotatable bonds is 4. The zero-order chi connectivity index (χ0) is 13.8. The fourth-order valence-electron chi connectivity index (χ4n) is 1.70. The standard InChI is InChI=1S/C14H15N3O2/c1-9-6-7-15-14(16-9)17-11-4-5-12(10(2)18)13(8-11)19-3/h4-8H,1-3H3,(H,15,16,17). The average Bonchev–Trinajstić information content (AvgIpc) is 2.38. The first-order valence-corrected chi connectivity index (χ1v) is 5.86. The van der Waals surface area contributed by atoms with Gasteiger partial charge in [0.1, 0.15) is 5.75 Å². The number of aryl methyl sites for hydroxylation is 1. The van der Waals surface area contributed by atoms with E-state index in [0.717, 1.165) is 11.4 Å². The predicted octanol–water partition coefficient (Wildman–Crippen LogP) is 2.74. The molecule has 0 saturated heterocycles. The summed E-state index contributed by atoms with van der Waals surface area (Å²) in [5.41, 5.74) is 2.20. The van der Waals surface area contributed by atoms with Gasteiger partial charge in [0.05, 0.1) is 12.7 Å². The lowest BCUT2D eigenvalue weighted by atomic mass is 10.1. The summed E-state index contributed by atoms with van der Waals surface area (Å²) in [4.78, 5) is 19.8. The molecule has 1 aromatic heterocycles. The maximum absolute atomic E-state index is 11.4. The molecule has 0 saturated carbocycles. The van der Waals surface area contributed by atoms with Gasteiger partial charge in [-0.05, 0) is 32.0 Å². The molecule has 5 heteroatoms. The van der Waals surface area contributed by atoms with Gasteiger partial charge in [-0.2, -0.15) is 0 Å². The first-order chi connectivity index (χ1) is 9.10. The maximum atomic E-state index is 11.4. The maximum Gasteiger partial charge on any atom is 0.227 e. The molecule has 0 unspecified atom stereocenters. The van der Waals surface area contributed by atoms with Gasteiger partial charge < -0.3 is 10.1 Å². The number of methoxy groups -OCH3 is 1. The van der Waals surface area contributed by atoms with Crippen molar-refractivity contribution in [2.75, 3.05) is 12.4 Å². The second kappa shape index (κ2) is 5.48. The number of carbonyl (C=O) groups is 1. The fourth-order valence-corrected chi connectivity index (χ4v) is 1.70. The first-order valence-electron chi connectivity index (χ1n) is 5.86. The van der Waals surface area contributed by atoms with Gasteiger partial charge in [0.2, 0.25) is 5.95 Å². The van der Waals surface area contributed by atoms with Gasteiger partial charge in [0.15, 0.2) is 5.78 Å². The van der Waals surface area contributed by atoms with Gasteiger partial charge in [0.25, 0.3) is 0 Å². The quantitative estimate of drug-likeness (QED) is 0.853. The van der Waals surface area contributed by atoms with Crippen molar-refractivity contribution in [1.82, 2.24) is 9.97 Å². The molecule has 2 rings (SSSR count). The zero-order valence-corrected chi connectivity index (χ0v) is 11.1. The van der Waals surface area contributed by atoms with E-state index in [1.54, 1.807) is 24.4 Å². The average molecular weight is 257 g/mol. The number of nitrogens with zero attached hydrogens (tertiary/aromatic N) is 2. The second-order valence-corrected chi connectivity index (χ2v) is 4.12. The smallest absolute Gasteiger partial charge is 0.227 e. The highest BCUT2D eigenvalue weighted by atomic mass is 16.5. The molecule has 0 spiro atoms. The molecule has 0 aliphatic rings. The normalized spacial score (nSPS) is 10.1. The van der Waals surface area contributed by atoms with Crippen molar-refractivity contribution in [3.8, 4) is 5.75 Å². The van der Waals surface area contributed by atoms with Crippen LogP contribution in [0.4, 0.5) is 11.6 Å². The SMILES string of the molecule is COc1cc(Nc2nccc(C)n2)ccc1C(C)=O. The Morgan fingerprint density at radius 3 is 2.74 bits per heavy atom. The molecule has 1 N–H and O–H groups in total. The zero-order valence-electron chi connectivity index (χ0n) is 11.1. The van der Waals surface area contributed by atoms with Crippen molar-refractivity contribution in [1.29, 1.82) is 0 Å². The molecule has 98 valence electrons. The minimum atomic E-state index is -0.0322. The van der Waals surface area contributed by atoms with Crippen molar-refractivity contribution in [2.45, 2.75) is 13.8 Å². The third-order valence-corrected chi connectivity index (χ3v) is 2.63. The topological polar surface area (TPSA) is 64.1 Å². The molecule has 0 fully saturated rings. The molecular formula is C14H15N3O2. The van der Waals surface area contributed by atoms with E-state index >= 15 is 0 Å². The van der Waals surface area contributed by atoms with Gasteiger partial charge in [-0.1, -0.05) is 0 Å². The van der Waals surface area contributed by atoms with Crippen LogP contribution in [0.15, 0.2) is 30.5 Å². The molecule has 0 aliphatic heterocycles. The summed E-state index contributed by atoms with van der Waals surface area (Å²) >= 11 is 0. The number of aromatic nitrogens is 2. The number of nitrogens with one attached hydrogen (secondary N) is 1. The van der Waals surface area contributed by atoms with E-state index in [1.165, 1.54) is 14.0 Å². The number of Topliss-reactive ketones (excluding diaryl/α,β-unsaturated/α-hetero) is 1. The van der Waals surface area contributed by atoms with Gasteiger partial charge in [-0.15, -0.1) is 0 Å². The monoisotopic (exact) mass is 257 g/mol. The molecular weight excluding hydrogens is 242 g/mol. The van der Waals surface area contributed by atoms with E-state index < -0.39 is 0 Å². The van der Waals surface area contributed by atoms with Crippen LogP contribution < -0.4 is 10.1 Å². The molecule has 0 aliphatic carbocycles. The summed E-state index contributed by atoms with van der Waals surface area (Å²) in [6.45, 7) is 3.40. The molecule has 0 atom stereocenters. The summed E-state index contributed by atoms with van der Waals surface area (Å²) in [5.74, 6) is 1.01. The van der Waals surface area contributed by atoms with Gasteiger partial charge >= 0.3 is 0 Å². The Balaban J connectivity index is 2.29. The van der Waals surface area contributed by atoms with Crippen LogP contribution in [0.3, 0.4) is 0 Å². The second-order valence-electron chi connectivity index (χ2n) is 4.12. The highest BCUT2D eigenvalue weighted by Crippen LogP contribution is 2.24. The largest absolute Gasteiger partial charge is 0.496 e. The number of anilines is 2. The molecule has 2 aromatic rings. The van der Waals surface area contributed by atoms with E-state index in [0.29, 0.717) is 17.3 Å². The van der Waals surface area contributed by atoms with Crippen LogP contribution in [0.25, 0.3) is 0 Å². The van der Waals surface area contributed by atoms with Crippen molar-refractivity contribution in [3.05, 3.63) is 41.7 Å². The van der Waals surface area contributed by atoms with Crippen LogP contribution in [0.1, 0.15) is 23.0 Å². The Kier molecular flexibility index (Phi) is 3.75. The van der Waals surface area contributed by atoms with Crippen molar-refractivity contribution in [2.24, 2.45) is 0 Å². The third kappa shape index (κ3) is 3.07. The first kappa shape index (κ1) is 13.0. The van der Waals surface area contributed by atoms with Crippen LogP contribution in [0.5, 0.6) is 5.75 Å². The number of ether oxygens (including phenoxy) is 1. The van der Waals surface area contributed by atoms with E-state index in [4.69, 9.17) is 4.74 Å². The molecule has 1 heterocycles. The summed E-state index contributed by atoms with van der Waals surface area (Å²) in [7, 11) is 1.54. The van der Waals surface area contributed by atoms with Crippen molar-refractivity contribution >= 4 is 17.4 Å². The Morgan fingerprint density at radius 2 is 2.11 bits per heavy atom. The van der Waals surface area contributed by atoms with E-state index in [-0.39, 0.29) is 5.78 Å². The Hall–Kier alpha value is -2.43. The molecule has 0 bridgehead atoms. The number of ketones is 1. The third-order valence-electron chi connectivity index (χ3n) is 2.63. The van der Waals surface area contributed by atoms with E-state index in [2.05, 4.69) is 15.3 Å². The molecule has 1 aromatic carbocycles. The van der Waals surface area contributed by atoms with Gasteiger partial charge in [0, 0.05) is 23.6 Å². The molecule has 5 nitrogen and oxygen atoms in total. The van der Waals surface area contributed by atoms with Gasteiger partial charge in [-0.25, -0.2) is 9.97 Å². The minimum Gasteiger partial charge on any atom is -0.496 e. The van der Waals surface area contributed by atoms with E-state index in [1.807, 2.05) is 13.0 Å². The van der Waals surface area contributed by atoms with Crippen LogP contribution in [-0.2, 0) is 0 Å². The van der Waals surface area contributed by atoms with Crippen LogP contribution in [-0.4, -0.2) is 22.9 Å².